The van der Waals surface area contributed by atoms with Crippen LogP contribution in [0.3, 0.4) is 0 Å². The van der Waals surface area contributed by atoms with E-state index in [4.69, 9.17) is 10.8 Å². The van der Waals surface area contributed by atoms with Gasteiger partial charge in [0.15, 0.2) is 0 Å². The van der Waals surface area contributed by atoms with Gasteiger partial charge in [-0.1, -0.05) is 19.8 Å². The Morgan fingerprint density at radius 2 is 2.07 bits per heavy atom. The summed E-state index contributed by atoms with van der Waals surface area (Å²) in [7, 11) is 0. The summed E-state index contributed by atoms with van der Waals surface area (Å²) in [6.07, 6.45) is 8.87. The average molecular weight is 195 g/mol. The molecule has 0 unspecified atom stereocenters. The fourth-order valence-corrected chi connectivity index (χ4v) is 2.52. The second kappa shape index (κ2) is 3.89. The van der Waals surface area contributed by atoms with Crippen molar-refractivity contribution in [1.29, 1.82) is 0 Å². The van der Waals surface area contributed by atoms with Crippen molar-refractivity contribution in [1.82, 2.24) is 5.43 Å². The van der Waals surface area contributed by atoms with Gasteiger partial charge in [0.1, 0.15) is 5.84 Å². The van der Waals surface area contributed by atoms with E-state index in [-0.39, 0.29) is 5.41 Å². The Labute approximate surface area is 86.1 Å². The topological polar surface area (TPSA) is 50.4 Å². The summed E-state index contributed by atoms with van der Waals surface area (Å²) in [5.74, 6) is 6.69. The molecule has 2 fully saturated rings. The Morgan fingerprint density at radius 1 is 1.43 bits per heavy atom. The first-order valence-electron chi connectivity index (χ1n) is 5.85. The van der Waals surface area contributed by atoms with Crippen LogP contribution in [0.1, 0.15) is 51.9 Å². The van der Waals surface area contributed by atoms with Gasteiger partial charge < -0.3 is 5.43 Å². The fraction of sp³-hybridized carbons (Fsp3) is 0.909. The highest BCUT2D eigenvalue weighted by Gasteiger charge is 2.38. The lowest BCUT2D eigenvalue weighted by Crippen LogP contribution is -2.43. The van der Waals surface area contributed by atoms with Crippen molar-refractivity contribution in [2.45, 2.75) is 57.9 Å². The quantitative estimate of drug-likeness (QED) is 0.313. The van der Waals surface area contributed by atoms with Crippen molar-refractivity contribution in [2.75, 3.05) is 0 Å². The summed E-state index contributed by atoms with van der Waals surface area (Å²) in [5, 5.41) is 0. The van der Waals surface area contributed by atoms with Gasteiger partial charge in [0.2, 0.25) is 0 Å². The molecule has 0 atom stereocenters. The molecule has 0 bridgehead atoms. The van der Waals surface area contributed by atoms with E-state index in [9.17, 15) is 0 Å². The van der Waals surface area contributed by atoms with Gasteiger partial charge in [-0.2, -0.15) is 0 Å². The minimum atomic E-state index is 0.289. The molecular formula is C11H21N3. The summed E-state index contributed by atoms with van der Waals surface area (Å²) in [6.45, 7) is 2.26. The van der Waals surface area contributed by atoms with Gasteiger partial charge in [0.05, 0.1) is 6.04 Å². The minimum absolute atomic E-state index is 0.289. The third-order valence-electron chi connectivity index (χ3n) is 3.74. The number of nitrogens with one attached hydrogen (secondary N) is 1. The molecule has 0 aromatic rings. The molecule has 3 nitrogen and oxygen atoms in total. The number of nitrogens with zero attached hydrogens (tertiary/aromatic N) is 1. The third-order valence-corrected chi connectivity index (χ3v) is 3.74. The van der Waals surface area contributed by atoms with E-state index in [1.807, 2.05) is 0 Å². The van der Waals surface area contributed by atoms with E-state index in [0.717, 1.165) is 5.84 Å². The molecule has 2 rings (SSSR count). The summed E-state index contributed by atoms with van der Waals surface area (Å²) in [5.41, 5.74) is 3.15. The zero-order valence-corrected chi connectivity index (χ0v) is 9.05. The summed E-state index contributed by atoms with van der Waals surface area (Å²) in [4.78, 5) is 4.71. The summed E-state index contributed by atoms with van der Waals surface area (Å²) >= 11 is 0. The largest absolute Gasteiger partial charge is 0.312 e. The van der Waals surface area contributed by atoms with Crippen molar-refractivity contribution in [3.63, 3.8) is 0 Å². The highest BCUT2D eigenvalue weighted by Crippen LogP contribution is 2.42. The molecule has 0 saturated heterocycles. The van der Waals surface area contributed by atoms with Gasteiger partial charge in [-0.05, 0) is 32.1 Å². The van der Waals surface area contributed by atoms with Crippen molar-refractivity contribution in [3.05, 3.63) is 0 Å². The van der Waals surface area contributed by atoms with E-state index in [0.29, 0.717) is 6.04 Å². The maximum absolute atomic E-state index is 5.61. The molecule has 0 aliphatic heterocycles. The van der Waals surface area contributed by atoms with Crippen molar-refractivity contribution < 1.29 is 0 Å². The maximum Gasteiger partial charge on any atom is 0.117 e. The predicted octanol–water partition coefficient (Wildman–Crippen LogP) is 1.98. The molecule has 14 heavy (non-hydrogen) atoms. The molecule has 0 aromatic carbocycles. The number of aliphatic imine (C=N–C) groups is 1. The minimum Gasteiger partial charge on any atom is -0.312 e. The molecule has 0 heterocycles. The van der Waals surface area contributed by atoms with Crippen LogP contribution in [0.15, 0.2) is 4.99 Å². The summed E-state index contributed by atoms with van der Waals surface area (Å²) in [6, 6.07) is 0.574. The Hall–Kier alpha value is -0.570. The molecule has 3 N–H and O–H groups in total. The smallest absolute Gasteiger partial charge is 0.117 e. The SMILES string of the molecule is CCC1(C(=NC2CC2)NN)CCCC1. The molecule has 0 aromatic heterocycles. The highest BCUT2D eigenvalue weighted by atomic mass is 15.3. The molecule has 80 valence electrons. The van der Waals surface area contributed by atoms with Gasteiger partial charge in [0.25, 0.3) is 0 Å². The first-order valence-corrected chi connectivity index (χ1v) is 5.85. The lowest BCUT2D eigenvalue weighted by atomic mass is 9.82. The lowest BCUT2D eigenvalue weighted by molar-refractivity contribution is 0.404. The van der Waals surface area contributed by atoms with Crippen LogP contribution in [0.2, 0.25) is 0 Å². The number of hydrazine groups is 1. The fourth-order valence-electron chi connectivity index (χ4n) is 2.52. The zero-order valence-electron chi connectivity index (χ0n) is 9.05. The van der Waals surface area contributed by atoms with Crippen molar-refractivity contribution in [2.24, 2.45) is 16.3 Å². The summed E-state index contributed by atoms with van der Waals surface area (Å²) < 4.78 is 0. The van der Waals surface area contributed by atoms with Gasteiger partial charge in [-0.15, -0.1) is 0 Å². The maximum atomic E-state index is 5.61. The normalized spacial score (nSPS) is 26.6. The molecule has 0 spiro atoms. The first kappa shape index (κ1) is 9.97. The Morgan fingerprint density at radius 3 is 2.50 bits per heavy atom. The predicted molar refractivity (Wildman–Crippen MR) is 59.0 cm³/mol. The molecule has 3 heteroatoms. The molecule has 0 radical (unpaired) electrons. The van der Waals surface area contributed by atoms with Gasteiger partial charge >= 0.3 is 0 Å². The Balaban J connectivity index is 2.14. The van der Waals surface area contributed by atoms with Crippen LogP contribution in [0.25, 0.3) is 0 Å². The molecule has 0 amide bonds. The van der Waals surface area contributed by atoms with E-state index in [1.165, 1.54) is 44.9 Å². The van der Waals surface area contributed by atoms with E-state index >= 15 is 0 Å². The van der Waals surface area contributed by atoms with Crippen LogP contribution in [0, 0.1) is 5.41 Å². The molecule has 2 aliphatic carbocycles. The molecular weight excluding hydrogens is 174 g/mol. The van der Waals surface area contributed by atoms with Crippen LogP contribution in [-0.4, -0.2) is 11.9 Å². The second-order valence-corrected chi connectivity index (χ2v) is 4.69. The highest BCUT2D eigenvalue weighted by molar-refractivity contribution is 5.88. The molecule has 2 aliphatic rings. The average Bonchev–Trinajstić information content (AvgIpc) is 2.91. The molecule has 2 saturated carbocycles. The Kier molecular flexibility index (Phi) is 2.77. The number of hydrogen-bond acceptors (Lipinski definition) is 2. The first-order chi connectivity index (χ1) is 6.80. The van der Waals surface area contributed by atoms with E-state index < -0.39 is 0 Å². The van der Waals surface area contributed by atoms with Crippen molar-refractivity contribution >= 4 is 5.84 Å². The van der Waals surface area contributed by atoms with Gasteiger partial charge in [-0.25, -0.2) is 5.84 Å². The van der Waals surface area contributed by atoms with Crippen LogP contribution in [0.4, 0.5) is 0 Å². The van der Waals surface area contributed by atoms with Gasteiger partial charge in [-0.3, -0.25) is 4.99 Å². The zero-order chi connectivity index (χ0) is 10.0. The van der Waals surface area contributed by atoms with Crippen LogP contribution >= 0.6 is 0 Å². The van der Waals surface area contributed by atoms with Crippen LogP contribution < -0.4 is 11.3 Å². The van der Waals surface area contributed by atoms with E-state index in [2.05, 4.69) is 12.3 Å². The third kappa shape index (κ3) is 1.78. The number of nitrogens with two attached hydrogens (primary N) is 1. The Bertz CT molecular complexity index is 225. The lowest BCUT2D eigenvalue weighted by Gasteiger charge is -2.28. The standard InChI is InChI=1S/C11H21N3/c1-2-11(7-3-4-8-11)10(14-12)13-9-5-6-9/h9H,2-8,12H2,1H3,(H,13,14). The number of rotatable bonds is 3. The van der Waals surface area contributed by atoms with Crippen LogP contribution in [-0.2, 0) is 0 Å². The number of amidine groups is 1. The van der Waals surface area contributed by atoms with Crippen molar-refractivity contribution in [3.8, 4) is 0 Å². The van der Waals surface area contributed by atoms with Crippen LogP contribution in [0.5, 0.6) is 0 Å². The number of hydrogen-bond donors (Lipinski definition) is 2. The monoisotopic (exact) mass is 195 g/mol. The second-order valence-electron chi connectivity index (χ2n) is 4.69. The van der Waals surface area contributed by atoms with E-state index in [1.54, 1.807) is 0 Å². The van der Waals surface area contributed by atoms with Gasteiger partial charge in [0, 0.05) is 5.41 Å².